The van der Waals surface area contributed by atoms with E-state index in [-0.39, 0.29) is 23.0 Å². The van der Waals surface area contributed by atoms with Gasteiger partial charge in [-0.15, -0.1) is 0 Å². The van der Waals surface area contributed by atoms with Crippen molar-refractivity contribution in [2.24, 2.45) is 11.3 Å². The molecule has 2 fully saturated rings. The molecule has 2 N–H and O–H groups in total. The molecule has 112 valence electrons. The number of fused-ring (bicyclic) bond motifs is 1. The highest BCUT2D eigenvalue weighted by molar-refractivity contribution is 5.94. The van der Waals surface area contributed by atoms with E-state index in [0.29, 0.717) is 24.6 Å². The van der Waals surface area contributed by atoms with Gasteiger partial charge in [0.1, 0.15) is 5.82 Å². The second-order valence-corrected chi connectivity index (χ2v) is 5.97. The molecule has 0 spiro atoms. The van der Waals surface area contributed by atoms with Crippen LogP contribution in [-0.2, 0) is 4.79 Å². The van der Waals surface area contributed by atoms with E-state index in [1.165, 1.54) is 30.7 Å². The number of rotatable bonds is 5. The monoisotopic (exact) mass is 290 g/mol. The van der Waals surface area contributed by atoms with Gasteiger partial charge in [-0.25, -0.2) is 4.39 Å². The van der Waals surface area contributed by atoms with Crippen LogP contribution >= 0.6 is 0 Å². The van der Waals surface area contributed by atoms with Crippen LogP contribution < -0.4 is 10.6 Å². The predicted molar refractivity (Wildman–Crippen MR) is 76.1 cm³/mol. The molecule has 0 bridgehead atoms. The van der Waals surface area contributed by atoms with Crippen molar-refractivity contribution in [1.82, 2.24) is 10.6 Å². The van der Waals surface area contributed by atoms with Gasteiger partial charge in [0.25, 0.3) is 5.91 Å². The van der Waals surface area contributed by atoms with Crippen LogP contribution in [0, 0.1) is 17.2 Å². The number of nitrogens with one attached hydrogen (secondary N) is 2. The van der Waals surface area contributed by atoms with Crippen molar-refractivity contribution in [3.63, 3.8) is 0 Å². The van der Waals surface area contributed by atoms with Crippen LogP contribution in [-0.4, -0.2) is 24.9 Å². The van der Waals surface area contributed by atoms with Crippen LogP contribution in [0.4, 0.5) is 4.39 Å². The lowest BCUT2D eigenvalue weighted by Crippen LogP contribution is -2.38. The van der Waals surface area contributed by atoms with Gasteiger partial charge in [0, 0.05) is 18.7 Å². The molecule has 0 aromatic heterocycles. The Morgan fingerprint density at radius 2 is 1.90 bits per heavy atom. The minimum atomic E-state index is -0.367. The first kappa shape index (κ1) is 14.0. The number of hydrogen-bond donors (Lipinski definition) is 2. The normalized spacial score (nSPS) is 26.0. The van der Waals surface area contributed by atoms with E-state index in [4.69, 9.17) is 0 Å². The zero-order valence-electron chi connectivity index (χ0n) is 11.8. The highest BCUT2D eigenvalue weighted by atomic mass is 19.1. The Morgan fingerprint density at radius 3 is 2.52 bits per heavy atom. The number of amides is 2. The van der Waals surface area contributed by atoms with Gasteiger partial charge >= 0.3 is 0 Å². The summed E-state index contributed by atoms with van der Waals surface area (Å²) in [7, 11) is 0. The van der Waals surface area contributed by atoms with Gasteiger partial charge in [0.2, 0.25) is 5.91 Å². The SMILES string of the molecule is O=C(NCCNC(=O)[C@]12CCC[C@H]1C2)c1ccc(F)cc1. The molecular weight excluding hydrogens is 271 g/mol. The van der Waals surface area contributed by atoms with Gasteiger partial charge in [0.15, 0.2) is 0 Å². The molecule has 0 heterocycles. The molecule has 1 aromatic rings. The van der Waals surface area contributed by atoms with E-state index < -0.39 is 0 Å². The molecule has 2 saturated carbocycles. The number of benzene rings is 1. The quantitative estimate of drug-likeness (QED) is 0.813. The Balaban J connectivity index is 1.39. The molecule has 2 atom stereocenters. The average molecular weight is 290 g/mol. The number of hydrogen-bond acceptors (Lipinski definition) is 2. The van der Waals surface area contributed by atoms with Crippen LogP contribution in [0.3, 0.4) is 0 Å². The molecular formula is C16H19FN2O2. The van der Waals surface area contributed by atoms with E-state index in [1.807, 2.05) is 0 Å². The zero-order chi connectivity index (χ0) is 14.9. The lowest BCUT2D eigenvalue weighted by molar-refractivity contribution is -0.126. The average Bonchev–Trinajstić information content (AvgIpc) is 3.06. The van der Waals surface area contributed by atoms with Gasteiger partial charge in [-0.1, -0.05) is 6.42 Å². The van der Waals surface area contributed by atoms with Crippen molar-refractivity contribution < 1.29 is 14.0 Å². The lowest BCUT2D eigenvalue weighted by atomic mass is 10.0. The standard InChI is InChI=1S/C16H19FN2O2/c17-13-5-3-11(4-6-13)14(20)18-8-9-19-15(21)16-7-1-2-12(16)10-16/h3-6,12H,1-2,7-10H2,(H,18,20)(H,19,21)/t12-,16-/m0/s1. The molecule has 0 unspecified atom stereocenters. The van der Waals surface area contributed by atoms with E-state index in [2.05, 4.69) is 10.6 Å². The summed E-state index contributed by atoms with van der Waals surface area (Å²) in [6, 6.07) is 5.39. The third kappa shape index (κ3) is 2.77. The summed E-state index contributed by atoms with van der Waals surface area (Å²) in [5.74, 6) is 0.105. The predicted octanol–water partition coefficient (Wildman–Crippen LogP) is 1.86. The zero-order valence-corrected chi connectivity index (χ0v) is 11.8. The smallest absolute Gasteiger partial charge is 0.251 e. The van der Waals surface area contributed by atoms with Crippen molar-refractivity contribution in [1.29, 1.82) is 0 Å². The maximum atomic E-state index is 12.8. The number of carbonyl (C=O) groups is 2. The van der Waals surface area contributed by atoms with Crippen LogP contribution in [0.25, 0.3) is 0 Å². The van der Waals surface area contributed by atoms with Crippen molar-refractivity contribution >= 4 is 11.8 Å². The van der Waals surface area contributed by atoms with Crippen molar-refractivity contribution in [3.8, 4) is 0 Å². The first-order chi connectivity index (χ1) is 10.1. The summed E-state index contributed by atoms with van der Waals surface area (Å²) < 4.78 is 12.8. The first-order valence-corrected chi connectivity index (χ1v) is 7.44. The third-order valence-electron chi connectivity index (χ3n) is 4.66. The fourth-order valence-corrected chi connectivity index (χ4v) is 3.35. The van der Waals surface area contributed by atoms with Crippen LogP contribution in [0.2, 0.25) is 0 Å². The summed E-state index contributed by atoms with van der Waals surface area (Å²) in [5, 5.41) is 5.62. The molecule has 1 aromatic carbocycles. The van der Waals surface area contributed by atoms with Gasteiger partial charge in [-0.3, -0.25) is 9.59 Å². The maximum absolute atomic E-state index is 12.8. The molecule has 2 aliphatic rings. The first-order valence-electron chi connectivity index (χ1n) is 7.44. The highest BCUT2D eigenvalue weighted by Gasteiger charge is 2.61. The molecule has 2 amide bonds. The van der Waals surface area contributed by atoms with Crippen LogP contribution in [0.15, 0.2) is 24.3 Å². The largest absolute Gasteiger partial charge is 0.354 e. The number of carbonyl (C=O) groups excluding carboxylic acids is 2. The van der Waals surface area contributed by atoms with Gasteiger partial charge in [-0.05, 0) is 49.4 Å². The topological polar surface area (TPSA) is 58.2 Å². The Labute approximate surface area is 123 Å². The molecule has 3 rings (SSSR count). The Morgan fingerprint density at radius 1 is 1.19 bits per heavy atom. The Hall–Kier alpha value is -1.91. The van der Waals surface area contributed by atoms with E-state index >= 15 is 0 Å². The van der Waals surface area contributed by atoms with Crippen molar-refractivity contribution in [3.05, 3.63) is 35.6 Å². The van der Waals surface area contributed by atoms with E-state index in [1.54, 1.807) is 0 Å². The summed E-state index contributed by atoms with van der Waals surface area (Å²) >= 11 is 0. The molecule has 0 saturated heterocycles. The van der Waals surface area contributed by atoms with Crippen molar-refractivity contribution in [2.75, 3.05) is 13.1 Å². The second-order valence-electron chi connectivity index (χ2n) is 5.97. The summed E-state index contributed by atoms with van der Waals surface area (Å²) in [5.41, 5.74) is 0.334. The van der Waals surface area contributed by atoms with Gasteiger partial charge in [-0.2, -0.15) is 0 Å². The Kier molecular flexibility index (Phi) is 3.66. The summed E-state index contributed by atoms with van der Waals surface area (Å²) in [4.78, 5) is 23.9. The van der Waals surface area contributed by atoms with E-state index in [0.717, 1.165) is 19.3 Å². The molecule has 0 aliphatic heterocycles. The van der Waals surface area contributed by atoms with Gasteiger partial charge in [0.05, 0.1) is 5.41 Å². The maximum Gasteiger partial charge on any atom is 0.251 e. The van der Waals surface area contributed by atoms with Crippen molar-refractivity contribution in [2.45, 2.75) is 25.7 Å². The van der Waals surface area contributed by atoms with Crippen LogP contribution in [0.1, 0.15) is 36.0 Å². The highest BCUT2D eigenvalue weighted by Crippen LogP contribution is 2.63. The minimum Gasteiger partial charge on any atom is -0.354 e. The fraction of sp³-hybridized carbons (Fsp3) is 0.500. The van der Waals surface area contributed by atoms with E-state index in [9.17, 15) is 14.0 Å². The molecule has 5 heteroatoms. The molecule has 2 aliphatic carbocycles. The molecule has 21 heavy (non-hydrogen) atoms. The fourth-order valence-electron chi connectivity index (χ4n) is 3.35. The minimum absolute atomic E-state index is 0.0824. The summed E-state index contributed by atoms with van der Waals surface area (Å²) in [6.07, 6.45) is 4.36. The summed E-state index contributed by atoms with van der Waals surface area (Å²) in [6.45, 7) is 0.808. The Bertz CT molecular complexity index is 558. The lowest BCUT2D eigenvalue weighted by Gasteiger charge is -2.13. The van der Waals surface area contributed by atoms with Crippen LogP contribution in [0.5, 0.6) is 0 Å². The number of halogens is 1. The molecule has 4 nitrogen and oxygen atoms in total. The van der Waals surface area contributed by atoms with Gasteiger partial charge < -0.3 is 10.6 Å². The molecule has 0 radical (unpaired) electrons. The second kappa shape index (κ2) is 5.47. The third-order valence-corrected chi connectivity index (χ3v) is 4.66.